The Hall–Kier alpha value is -1.13. The molecule has 0 amide bonds. The summed E-state index contributed by atoms with van der Waals surface area (Å²) in [5, 5.41) is 6.59. The van der Waals surface area contributed by atoms with E-state index in [0.29, 0.717) is 6.61 Å². The normalized spacial score (nSPS) is 10.3. The average Bonchev–Trinajstić information content (AvgIpc) is 2.28. The third-order valence-electron chi connectivity index (χ3n) is 2.10. The molecular weight excluding hydrogens is 190 g/mol. The van der Waals surface area contributed by atoms with E-state index in [0.717, 1.165) is 25.3 Å². The molecule has 15 heavy (non-hydrogen) atoms. The lowest BCUT2D eigenvalue weighted by atomic mass is 10.2. The van der Waals surface area contributed by atoms with Gasteiger partial charge in [0.2, 0.25) is 0 Å². The fourth-order valence-electron chi connectivity index (χ4n) is 1.28. The minimum absolute atomic E-state index is 0.704. The van der Waals surface area contributed by atoms with E-state index < -0.39 is 0 Å². The van der Waals surface area contributed by atoms with Crippen molar-refractivity contribution in [1.29, 1.82) is 0 Å². The number of nitrogens with zero attached hydrogens (tertiary/aromatic N) is 1. The molecule has 0 aliphatic heterocycles. The zero-order chi connectivity index (χ0) is 10.9. The molecule has 84 valence electrons. The molecule has 0 saturated carbocycles. The SMILES string of the molecule is CCNCc1ccncc1NCCOC. The van der Waals surface area contributed by atoms with Crippen LogP contribution in [-0.2, 0) is 11.3 Å². The van der Waals surface area contributed by atoms with Crippen LogP contribution in [0.4, 0.5) is 5.69 Å². The zero-order valence-corrected chi connectivity index (χ0v) is 9.42. The first-order chi connectivity index (χ1) is 7.38. The lowest BCUT2D eigenvalue weighted by Crippen LogP contribution is -2.15. The molecule has 0 aromatic carbocycles. The van der Waals surface area contributed by atoms with Crippen LogP contribution in [0.25, 0.3) is 0 Å². The number of rotatable bonds is 7. The molecule has 4 heteroatoms. The molecule has 4 nitrogen and oxygen atoms in total. The van der Waals surface area contributed by atoms with E-state index in [-0.39, 0.29) is 0 Å². The number of pyridine rings is 1. The fraction of sp³-hybridized carbons (Fsp3) is 0.545. The maximum Gasteiger partial charge on any atom is 0.0635 e. The highest BCUT2D eigenvalue weighted by atomic mass is 16.5. The largest absolute Gasteiger partial charge is 0.383 e. The van der Waals surface area contributed by atoms with Gasteiger partial charge < -0.3 is 15.4 Å². The minimum atomic E-state index is 0.704. The minimum Gasteiger partial charge on any atom is -0.383 e. The molecule has 0 spiro atoms. The molecule has 0 bridgehead atoms. The summed E-state index contributed by atoms with van der Waals surface area (Å²) in [6, 6.07) is 2.03. The van der Waals surface area contributed by atoms with Crippen molar-refractivity contribution < 1.29 is 4.74 Å². The molecule has 0 fully saturated rings. The zero-order valence-electron chi connectivity index (χ0n) is 9.42. The Balaban J connectivity index is 2.52. The van der Waals surface area contributed by atoms with Crippen LogP contribution in [0.2, 0.25) is 0 Å². The number of nitrogens with one attached hydrogen (secondary N) is 2. The van der Waals surface area contributed by atoms with E-state index >= 15 is 0 Å². The van der Waals surface area contributed by atoms with Gasteiger partial charge in [-0.3, -0.25) is 4.98 Å². The van der Waals surface area contributed by atoms with E-state index in [1.807, 2.05) is 18.5 Å². The van der Waals surface area contributed by atoms with Gasteiger partial charge in [0.05, 0.1) is 18.5 Å². The summed E-state index contributed by atoms with van der Waals surface area (Å²) < 4.78 is 4.99. The molecule has 0 radical (unpaired) electrons. The summed E-state index contributed by atoms with van der Waals surface area (Å²) in [5.74, 6) is 0. The van der Waals surface area contributed by atoms with E-state index in [2.05, 4.69) is 22.5 Å². The smallest absolute Gasteiger partial charge is 0.0635 e. The van der Waals surface area contributed by atoms with Gasteiger partial charge in [-0.2, -0.15) is 0 Å². The third-order valence-corrected chi connectivity index (χ3v) is 2.10. The summed E-state index contributed by atoms with van der Waals surface area (Å²) in [6.45, 7) is 5.45. The molecule has 0 saturated heterocycles. The Morgan fingerprint density at radius 1 is 1.47 bits per heavy atom. The molecule has 1 rings (SSSR count). The second kappa shape index (κ2) is 7.20. The van der Waals surface area contributed by atoms with Crippen molar-refractivity contribution in [3.05, 3.63) is 24.0 Å². The lowest BCUT2D eigenvalue weighted by Gasteiger charge is -2.11. The molecule has 0 aliphatic rings. The predicted molar refractivity (Wildman–Crippen MR) is 62.0 cm³/mol. The fourth-order valence-corrected chi connectivity index (χ4v) is 1.28. The Kier molecular flexibility index (Phi) is 5.73. The van der Waals surface area contributed by atoms with Crippen LogP contribution in [-0.4, -0.2) is 31.8 Å². The Labute approximate surface area is 91.1 Å². The van der Waals surface area contributed by atoms with E-state index in [1.165, 1.54) is 5.56 Å². The highest BCUT2D eigenvalue weighted by Crippen LogP contribution is 2.12. The van der Waals surface area contributed by atoms with Gasteiger partial charge in [-0.25, -0.2) is 0 Å². The highest BCUT2D eigenvalue weighted by Gasteiger charge is 2.00. The first-order valence-corrected chi connectivity index (χ1v) is 5.25. The van der Waals surface area contributed by atoms with Crippen LogP contribution >= 0.6 is 0 Å². The molecule has 0 atom stereocenters. The van der Waals surface area contributed by atoms with Crippen molar-refractivity contribution in [3.8, 4) is 0 Å². The van der Waals surface area contributed by atoms with Crippen LogP contribution < -0.4 is 10.6 Å². The van der Waals surface area contributed by atoms with Gasteiger partial charge in [-0.15, -0.1) is 0 Å². The number of hydrogen-bond donors (Lipinski definition) is 2. The summed E-state index contributed by atoms with van der Waals surface area (Å²) in [6.07, 6.45) is 3.66. The molecule has 2 N–H and O–H groups in total. The van der Waals surface area contributed by atoms with Gasteiger partial charge in [0.1, 0.15) is 0 Å². The molecule has 0 unspecified atom stereocenters. The van der Waals surface area contributed by atoms with Gasteiger partial charge in [-0.05, 0) is 18.2 Å². The maximum atomic E-state index is 4.99. The van der Waals surface area contributed by atoms with Crippen LogP contribution in [0.5, 0.6) is 0 Å². The van der Waals surface area contributed by atoms with Crippen LogP contribution in [0.15, 0.2) is 18.5 Å². The Morgan fingerprint density at radius 3 is 3.07 bits per heavy atom. The van der Waals surface area contributed by atoms with Crippen molar-refractivity contribution in [1.82, 2.24) is 10.3 Å². The Bertz CT molecular complexity index is 278. The summed E-state index contributed by atoms with van der Waals surface area (Å²) in [4.78, 5) is 4.10. The Morgan fingerprint density at radius 2 is 2.33 bits per heavy atom. The molecule has 1 aromatic heterocycles. The third kappa shape index (κ3) is 4.27. The monoisotopic (exact) mass is 209 g/mol. The summed E-state index contributed by atoms with van der Waals surface area (Å²) in [7, 11) is 1.70. The van der Waals surface area contributed by atoms with Crippen LogP contribution in [0, 0.1) is 0 Å². The number of methoxy groups -OCH3 is 1. The van der Waals surface area contributed by atoms with Gasteiger partial charge in [0.15, 0.2) is 0 Å². The number of anilines is 1. The summed E-state index contributed by atoms with van der Waals surface area (Å²) in [5.41, 5.74) is 2.32. The van der Waals surface area contributed by atoms with Crippen molar-refractivity contribution in [2.75, 3.05) is 32.1 Å². The van der Waals surface area contributed by atoms with E-state index in [9.17, 15) is 0 Å². The van der Waals surface area contributed by atoms with E-state index in [4.69, 9.17) is 4.74 Å². The quantitative estimate of drug-likeness (QED) is 0.663. The molecular formula is C11H19N3O. The molecule has 1 aromatic rings. The van der Waals surface area contributed by atoms with Crippen molar-refractivity contribution in [2.24, 2.45) is 0 Å². The van der Waals surface area contributed by atoms with Gasteiger partial charge >= 0.3 is 0 Å². The number of ether oxygens (including phenoxy) is 1. The van der Waals surface area contributed by atoms with Crippen molar-refractivity contribution >= 4 is 5.69 Å². The maximum absolute atomic E-state index is 4.99. The molecule has 0 aliphatic carbocycles. The second-order valence-electron chi connectivity index (χ2n) is 3.23. The van der Waals surface area contributed by atoms with Crippen molar-refractivity contribution in [2.45, 2.75) is 13.5 Å². The van der Waals surface area contributed by atoms with Gasteiger partial charge in [0.25, 0.3) is 0 Å². The topological polar surface area (TPSA) is 46.2 Å². The first kappa shape index (κ1) is 11.9. The average molecular weight is 209 g/mol. The standard InChI is InChI=1S/C11H19N3O/c1-3-12-8-10-4-5-13-9-11(10)14-6-7-15-2/h4-5,9,12,14H,3,6-8H2,1-2H3. The van der Waals surface area contributed by atoms with Gasteiger partial charge in [0, 0.05) is 26.4 Å². The first-order valence-electron chi connectivity index (χ1n) is 5.25. The second-order valence-corrected chi connectivity index (χ2v) is 3.23. The summed E-state index contributed by atoms with van der Waals surface area (Å²) >= 11 is 0. The number of hydrogen-bond acceptors (Lipinski definition) is 4. The molecule has 1 heterocycles. The van der Waals surface area contributed by atoms with E-state index in [1.54, 1.807) is 7.11 Å². The lowest BCUT2D eigenvalue weighted by molar-refractivity contribution is 0.210. The van der Waals surface area contributed by atoms with Crippen LogP contribution in [0.1, 0.15) is 12.5 Å². The van der Waals surface area contributed by atoms with Crippen molar-refractivity contribution in [3.63, 3.8) is 0 Å². The van der Waals surface area contributed by atoms with Crippen LogP contribution in [0.3, 0.4) is 0 Å². The number of aromatic nitrogens is 1. The highest BCUT2D eigenvalue weighted by molar-refractivity contribution is 5.48. The van der Waals surface area contributed by atoms with Gasteiger partial charge in [-0.1, -0.05) is 6.92 Å². The predicted octanol–water partition coefficient (Wildman–Crippen LogP) is 1.25.